The minimum absolute atomic E-state index is 0.104. The van der Waals surface area contributed by atoms with Gasteiger partial charge in [0.15, 0.2) is 0 Å². The summed E-state index contributed by atoms with van der Waals surface area (Å²) in [6, 6.07) is 7.15. The number of para-hydroxylation sites is 1. The quantitative estimate of drug-likeness (QED) is 0.736. The van der Waals surface area contributed by atoms with Crippen molar-refractivity contribution in [3.05, 3.63) is 35.6 Å². The van der Waals surface area contributed by atoms with E-state index in [1.165, 1.54) is 16.8 Å². The first-order valence-electron chi connectivity index (χ1n) is 8.69. The third kappa shape index (κ3) is 2.16. The van der Waals surface area contributed by atoms with Crippen LogP contribution in [-0.4, -0.2) is 65.3 Å². The molecule has 1 spiro atoms. The predicted molar refractivity (Wildman–Crippen MR) is 94.7 cm³/mol. The number of likely N-dealkylation sites (N-methyl/N-ethyl adjacent to an activating group) is 2. The Labute approximate surface area is 151 Å². The van der Waals surface area contributed by atoms with Gasteiger partial charge in [0, 0.05) is 32.6 Å². The van der Waals surface area contributed by atoms with Crippen LogP contribution < -0.4 is 0 Å². The maximum Gasteiger partial charge on any atom is 0.327 e. The maximum absolute atomic E-state index is 13.0. The zero-order valence-corrected chi connectivity index (χ0v) is 15.1. The molecule has 0 atom stereocenters. The van der Waals surface area contributed by atoms with Gasteiger partial charge in [-0.15, -0.1) is 0 Å². The largest absolute Gasteiger partial charge is 0.461 e. The third-order valence-corrected chi connectivity index (χ3v) is 5.69. The number of carbonyl (C=O) groups excluding carboxylic acids is 3. The van der Waals surface area contributed by atoms with E-state index >= 15 is 0 Å². The lowest BCUT2D eigenvalue weighted by atomic mass is 9.86. The van der Waals surface area contributed by atoms with Gasteiger partial charge >= 0.3 is 6.03 Å². The maximum atomic E-state index is 13.0. The number of urea groups is 1. The van der Waals surface area contributed by atoms with Crippen LogP contribution >= 0.6 is 0 Å². The van der Waals surface area contributed by atoms with Gasteiger partial charge in [-0.1, -0.05) is 12.1 Å². The van der Waals surface area contributed by atoms with Crippen molar-refractivity contribution in [2.75, 3.05) is 27.2 Å². The Morgan fingerprint density at radius 2 is 1.85 bits per heavy atom. The van der Waals surface area contributed by atoms with E-state index in [9.17, 15) is 14.4 Å². The highest BCUT2D eigenvalue weighted by atomic mass is 16.3. The molecule has 3 heterocycles. The number of imide groups is 1. The normalized spacial score (nSPS) is 19.9. The molecule has 2 fully saturated rings. The summed E-state index contributed by atoms with van der Waals surface area (Å²) >= 11 is 0. The fourth-order valence-corrected chi connectivity index (χ4v) is 4.11. The fourth-order valence-electron chi connectivity index (χ4n) is 4.11. The van der Waals surface area contributed by atoms with E-state index in [4.69, 9.17) is 4.42 Å². The van der Waals surface area contributed by atoms with Gasteiger partial charge in [-0.3, -0.25) is 14.5 Å². The summed E-state index contributed by atoms with van der Waals surface area (Å²) < 4.78 is 5.71. The molecule has 0 aliphatic carbocycles. The molecule has 0 bridgehead atoms. The molecule has 2 aliphatic heterocycles. The first kappa shape index (κ1) is 16.6. The van der Waals surface area contributed by atoms with Crippen molar-refractivity contribution in [3.63, 3.8) is 0 Å². The van der Waals surface area contributed by atoms with Crippen LogP contribution in [0.5, 0.6) is 0 Å². The minimum Gasteiger partial charge on any atom is -0.461 e. The van der Waals surface area contributed by atoms with Crippen LogP contribution in [-0.2, 0) is 4.79 Å². The summed E-state index contributed by atoms with van der Waals surface area (Å²) in [4.78, 5) is 42.1. The van der Waals surface area contributed by atoms with Gasteiger partial charge in [0.25, 0.3) is 11.8 Å². The Kier molecular flexibility index (Phi) is 3.57. The third-order valence-electron chi connectivity index (χ3n) is 5.69. The predicted octanol–water partition coefficient (Wildman–Crippen LogP) is 2.24. The fraction of sp³-hybridized carbons (Fsp3) is 0.421. The molecule has 2 aliphatic rings. The number of nitrogens with zero attached hydrogens (tertiary/aromatic N) is 3. The summed E-state index contributed by atoms with van der Waals surface area (Å²) in [5.41, 5.74) is 0.306. The number of amides is 4. The van der Waals surface area contributed by atoms with Crippen molar-refractivity contribution in [2.45, 2.75) is 25.3 Å². The van der Waals surface area contributed by atoms with Gasteiger partial charge in [0.05, 0.1) is 5.56 Å². The van der Waals surface area contributed by atoms with E-state index in [0.717, 1.165) is 11.1 Å². The van der Waals surface area contributed by atoms with Gasteiger partial charge in [-0.05, 0) is 31.9 Å². The van der Waals surface area contributed by atoms with Crippen molar-refractivity contribution in [2.24, 2.45) is 0 Å². The molecule has 7 heteroatoms. The second-order valence-corrected chi connectivity index (χ2v) is 7.11. The van der Waals surface area contributed by atoms with Gasteiger partial charge in [0.1, 0.15) is 16.9 Å². The number of rotatable bonds is 1. The molecule has 26 heavy (non-hydrogen) atoms. The molecule has 0 radical (unpaired) electrons. The zero-order chi connectivity index (χ0) is 18.6. The molecular weight excluding hydrogens is 334 g/mol. The molecule has 0 N–H and O–H groups in total. The molecule has 1 aromatic carbocycles. The van der Waals surface area contributed by atoms with Crippen molar-refractivity contribution < 1.29 is 18.8 Å². The number of likely N-dealkylation sites (tertiary alicyclic amines) is 1. The van der Waals surface area contributed by atoms with E-state index in [1.54, 1.807) is 18.0 Å². The summed E-state index contributed by atoms with van der Waals surface area (Å²) in [5, 5.41) is 0.903. The molecular formula is C19H21N3O4. The van der Waals surface area contributed by atoms with Crippen LogP contribution in [0.1, 0.15) is 29.0 Å². The lowest BCUT2D eigenvalue weighted by Gasteiger charge is -2.40. The van der Waals surface area contributed by atoms with E-state index in [0.29, 0.717) is 37.1 Å². The SMILES string of the molecule is Cc1cc2cccc(C(=O)N3CCC4(CC3)C(=O)N(C)C(=O)N4C)c2o1. The number of piperidine rings is 1. The van der Waals surface area contributed by atoms with Crippen molar-refractivity contribution in [1.29, 1.82) is 0 Å². The van der Waals surface area contributed by atoms with Crippen LogP contribution in [0.15, 0.2) is 28.7 Å². The number of furan rings is 1. The van der Waals surface area contributed by atoms with E-state index in [2.05, 4.69) is 0 Å². The van der Waals surface area contributed by atoms with E-state index < -0.39 is 5.54 Å². The van der Waals surface area contributed by atoms with Gasteiger partial charge in [0.2, 0.25) is 0 Å². The molecule has 136 valence electrons. The van der Waals surface area contributed by atoms with Crippen LogP contribution in [0.25, 0.3) is 11.0 Å². The average Bonchev–Trinajstić information content (AvgIpc) is 3.10. The van der Waals surface area contributed by atoms with Gasteiger partial charge < -0.3 is 14.2 Å². The second kappa shape index (κ2) is 5.59. The lowest BCUT2D eigenvalue weighted by Crippen LogP contribution is -2.56. The lowest BCUT2D eigenvalue weighted by molar-refractivity contribution is -0.134. The highest BCUT2D eigenvalue weighted by Crippen LogP contribution is 2.36. The van der Waals surface area contributed by atoms with Crippen LogP contribution in [0.3, 0.4) is 0 Å². The Bertz CT molecular complexity index is 924. The zero-order valence-electron chi connectivity index (χ0n) is 15.1. The molecule has 7 nitrogen and oxygen atoms in total. The summed E-state index contributed by atoms with van der Waals surface area (Å²) in [6.07, 6.45) is 0.884. The van der Waals surface area contributed by atoms with Crippen molar-refractivity contribution in [3.8, 4) is 0 Å². The number of hydrogen-bond acceptors (Lipinski definition) is 4. The Morgan fingerprint density at radius 1 is 1.15 bits per heavy atom. The van der Waals surface area contributed by atoms with Gasteiger partial charge in [-0.2, -0.15) is 0 Å². The Hall–Kier alpha value is -2.83. The van der Waals surface area contributed by atoms with Crippen LogP contribution in [0.4, 0.5) is 4.79 Å². The first-order chi connectivity index (χ1) is 12.3. The smallest absolute Gasteiger partial charge is 0.327 e. The number of hydrogen-bond donors (Lipinski definition) is 0. The topological polar surface area (TPSA) is 74.1 Å². The molecule has 4 rings (SSSR count). The summed E-state index contributed by atoms with van der Waals surface area (Å²) in [5.74, 6) is 0.478. The number of aryl methyl sites for hydroxylation is 1. The molecule has 0 unspecified atom stereocenters. The Balaban J connectivity index is 1.57. The van der Waals surface area contributed by atoms with Crippen molar-refractivity contribution >= 4 is 28.8 Å². The van der Waals surface area contributed by atoms with E-state index in [-0.39, 0.29) is 17.8 Å². The van der Waals surface area contributed by atoms with Gasteiger partial charge in [-0.25, -0.2) is 4.79 Å². The highest BCUT2D eigenvalue weighted by Gasteiger charge is 2.55. The molecule has 4 amide bonds. The molecule has 2 aromatic rings. The Morgan fingerprint density at radius 3 is 2.46 bits per heavy atom. The first-order valence-corrected chi connectivity index (χ1v) is 8.69. The number of carbonyl (C=O) groups is 3. The highest BCUT2D eigenvalue weighted by molar-refractivity contribution is 6.07. The van der Waals surface area contributed by atoms with Crippen molar-refractivity contribution in [1.82, 2.24) is 14.7 Å². The monoisotopic (exact) mass is 355 g/mol. The number of benzene rings is 1. The molecule has 2 saturated heterocycles. The molecule has 0 saturated carbocycles. The summed E-state index contributed by atoms with van der Waals surface area (Å²) in [6.45, 7) is 2.70. The van der Waals surface area contributed by atoms with Crippen LogP contribution in [0, 0.1) is 6.92 Å². The minimum atomic E-state index is -0.824. The number of fused-ring (bicyclic) bond motifs is 1. The second-order valence-electron chi connectivity index (χ2n) is 7.11. The molecule has 1 aromatic heterocycles. The average molecular weight is 355 g/mol. The standard InChI is InChI=1S/C19H21N3O4/c1-12-11-13-5-4-6-14(15(13)26-12)16(23)22-9-7-19(8-10-22)17(24)20(2)18(25)21(19)3/h4-6,11H,7-10H2,1-3H3. The van der Waals surface area contributed by atoms with Crippen LogP contribution in [0.2, 0.25) is 0 Å². The summed E-state index contributed by atoms with van der Waals surface area (Å²) in [7, 11) is 3.17. The van der Waals surface area contributed by atoms with E-state index in [1.807, 2.05) is 25.1 Å².